The summed E-state index contributed by atoms with van der Waals surface area (Å²) in [6.45, 7) is 2.57. The maximum Gasteiger partial charge on any atom is 0.123 e. The number of hydrogen-bond acceptors (Lipinski definition) is 1. The molecule has 1 atom stereocenters. The molecule has 1 unspecified atom stereocenters. The first-order valence-electron chi connectivity index (χ1n) is 6.78. The van der Waals surface area contributed by atoms with Gasteiger partial charge in [-0.25, -0.2) is 4.39 Å². The van der Waals surface area contributed by atoms with Gasteiger partial charge in [0.1, 0.15) is 5.82 Å². The lowest BCUT2D eigenvalue weighted by Gasteiger charge is -2.16. The highest BCUT2D eigenvalue weighted by Gasteiger charge is 2.12. The van der Waals surface area contributed by atoms with E-state index >= 15 is 0 Å². The van der Waals surface area contributed by atoms with Crippen LogP contribution in [0, 0.1) is 18.7 Å². The molecule has 0 amide bonds. The fourth-order valence-corrected chi connectivity index (χ4v) is 2.68. The maximum absolute atomic E-state index is 13.2. The summed E-state index contributed by atoms with van der Waals surface area (Å²) in [5, 5.41) is 0.780. The van der Waals surface area contributed by atoms with Crippen LogP contribution >= 0.6 is 11.6 Å². The van der Waals surface area contributed by atoms with Crippen molar-refractivity contribution in [3.63, 3.8) is 0 Å². The van der Waals surface area contributed by atoms with Gasteiger partial charge in [-0.2, -0.15) is 0 Å². The van der Waals surface area contributed by atoms with E-state index in [0.29, 0.717) is 6.54 Å². The van der Waals surface area contributed by atoms with E-state index in [2.05, 4.69) is 6.07 Å². The molecule has 0 saturated heterocycles. The Labute approximate surface area is 124 Å². The van der Waals surface area contributed by atoms with Crippen LogP contribution < -0.4 is 5.73 Å². The number of benzene rings is 2. The zero-order chi connectivity index (χ0) is 14.5. The Bertz CT molecular complexity index is 583. The minimum Gasteiger partial charge on any atom is -0.330 e. The predicted molar refractivity (Wildman–Crippen MR) is 82.5 cm³/mol. The molecule has 0 bridgehead atoms. The van der Waals surface area contributed by atoms with Crippen LogP contribution in [0.5, 0.6) is 0 Å². The lowest BCUT2D eigenvalue weighted by Crippen LogP contribution is -2.19. The first-order valence-corrected chi connectivity index (χ1v) is 7.16. The lowest BCUT2D eigenvalue weighted by atomic mass is 9.92. The SMILES string of the molecule is Cc1ccc(CC(CN)Cc2cccc(F)c2)c(Cl)c1. The number of nitrogens with two attached hydrogens (primary N) is 1. The molecule has 0 heterocycles. The van der Waals surface area contributed by atoms with E-state index in [-0.39, 0.29) is 11.7 Å². The summed E-state index contributed by atoms with van der Waals surface area (Å²) in [5.74, 6) is 0.0589. The number of hydrogen-bond donors (Lipinski definition) is 1. The third-order valence-corrected chi connectivity index (χ3v) is 3.82. The highest BCUT2D eigenvalue weighted by Crippen LogP contribution is 2.22. The summed E-state index contributed by atoms with van der Waals surface area (Å²) in [5.41, 5.74) is 9.07. The van der Waals surface area contributed by atoms with Crippen molar-refractivity contribution >= 4 is 11.6 Å². The Hall–Kier alpha value is -1.38. The van der Waals surface area contributed by atoms with Gasteiger partial charge >= 0.3 is 0 Å². The molecule has 3 heteroatoms. The van der Waals surface area contributed by atoms with Crippen molar-refractivity contribution in [3.8, 4) is 0 Å². The van der Waals surface area contributed by atoms with Crippen LogP contribution in [0.4, 0.5) is 4.39 Å². The zero-order valence-corrected chi connectivity index (χ0v) is 12.3. The second-order valence-corrected chi connectivity index (χ2v) is 5.64. The highest BCUT2D eigenvalue weighted by molar-refractivity contribution is 6.31. The van der Waals surface area contributed by atoms with Crippen molar-refractivity contribution in [3.05, 3.63) is 70.0 Å². The molecule has 0 aliphatic heterocycles. The first kappa shape index (κ1) is 15.0. The van der Waals surface area contributed by atoms with Crippen LogP contribution in [0.1, 0.15) is 16.7 Å². The number of halogens is 2. The smallest absolute Gasteiger partial charge is 0.123 e. The van der Waals surface area contributed by atoms with Crippen molar-refractivity contribution in [2.24, 2.45) is 11.7 Å². The zero-order valence-electron chi connectivity index (χ0n) is 11.6. The molecule has 1 nitrogen and oxygen atoms in total. The van der Waals surface area contributed by atoms with Gasteiger partial charge in [-0.15, -0.1) is 0 Å². The molecule has 0 spiro atoms. The molecular weight excluding hydrogens is 273 g/mol. The Morgan fingerprint density at radius 2 is 1.95 bits per heavy atom. The van der Waals surface area contributed by atoms with Crippen molar-refractivity contribution < 1.29 is 4.39 Å². The second-order valence-electron chi connectivity index (χ2n) is 5.23. The quantitative estimate of drug-likeness (QED) is 0.880. The van der Waals surface area contributed by atoms with Gasteiger partial charge in [0, 0.05) is 5.02 Å². The molecule has 0 radical (unpaired) electrons. The molecular formula is C17H19ClFN. The van der Waals surface area contributed by atoms with Gasteiger partial charge in [0.25, 0.3) is 0 Å². The summed E-state index contributed by atoms with van der Waals surface area (Å²) in [6.07, 6.45) is 1.57. The van der Waals surface area contributed by atoms with E-state index in [1.54, 1.807) is 12.1 Å². The standard InChI is InChI=1S/C17H19ClFN/c1-12-5-6-15(17(18)7-12)9-14(11-20)8-13-3-2-4-16(19)10-13/h2-7,10,14H,8-9,11,20H2,1H3. The summed E-state index contributed by atoms with van der Waals surface area (Å²) in [4.78, 5) is 0. The average Bonchev–Trinajstić information content (AvgIpc) is 2.41. The van der Waals surface area contributed by atoms with Gasteiger partial charge in [-0.3, -0.25) is 0 Å². The van der Waals surface area contributed by atoms with Gasteiger partial charge in [0.05, 0.1) is 0 Å². The van der Waals surface area contributed by atoms with Gasteiger partial charge < -0.3 is 5.73 Å². The van der Waals surface area contributed by atoms with Crippen molar-refractivity contribution in [1.29, 1.82) is 0 Å². The molecule has 106 valence electrons. The largest absolute Gasteiger partial charge is 0.330 e. The van der Waals surface area contributed by atoms with E-state index in [1.165, 1.54) is 6.07 Å². The van der Waals surface area contributed by atoms with Crippen LogP contribution in [-0.2, 0) is 12.8 Å². The van der Waals surface area contributed by atoms with E-state index < -0.39 is 0 Å². The molecule has 2 aromatic rings. The van der Waals surface area contributed by atoms with Gasteiger partial charge in [0.15, 0.2) is 0 Å². The average molecular weight is 292 g/mol. The monoisotopic (exact) mass is 291 g/mol. The van der Waals surface area contributed by atoms with Crippen LogP contribution in [0.15, 0.2) is 42.5 Å². The summed E-state index contributed by atoms with van der Waals surface area (Å²) in [6, 6.07) is 12.8. The molecule has 0 aliphatic rings. The summed E-state index contributed by atoms with van der Waals surface area (Å²) < 4.78 is 13.2. The van der Waals surface area contributed by atoms with Crippen molar-refractivity contribution in [1.82, 2.24) is 0 Å². The summed E-state index contributed by atoms with van der Waals surface area (Å²) in [7, 11) is 0. The van der Waals surface area contributed by atoms with Crippen LogP contribution in [0.3, 0.4) is 0 Å². The molecule has 2 aromatic carbocycles. The van der Waals surface area contributed by atoms with E-state index in [4.69, 9.17) is 17.3 Å². The van der Waals surface area contributed by atoms with Gasteiger partial charge in [-0.05, 0) is 67.1 Å². The minimum absolute atomic E-state index is 0.202. The van der Waals surface area contributed by atoms with Crippen molar-refractivity contribution in [2.75, 3.05) is 6.54 Å². The predicted octanol–water partition coefficient (Wildman–Crippen LogP) is 4.15. The number of aryl methyl sites for hydroxylation is 1. The first-order chi connectivity index (χ1) is 9.58. The summed E-state index contributed by atoms with van der Waals surface area (Å²) >= 11 is 6.26. The second kappa shape index (κ2) is 6.87. The Balaban J connectivity index is 2.09. The van der Waals surface area contributed by atoms with Crippen LogP contribution in [-0.4, -0.2) is 6.54 Å². The molecule has 0 aromatic heterocycles. The molecule has 20 heavy (non-hydrogen) atoms. The normalized spacial score (nSPS) is 12.4. The Morgan fingerprint density at radius 1 is 1.15 bits per heavy atom. The third kappa shape index (κ3) is 4.06. The van der Waals surface area contributed by atoms with E-state index in [9.17, 15) is 4.39 Å². The van der Waals surface area contributed by atoms with E-state index in [1.807, 2.05) is 25.1 Å². The Kier molecular flexibility index (Phi) is 5.16. The lowest BCUT2D eigenvalue weighted by molar-refractivity contribution is 0.530. The molecule has 0 saturated carbocycles. The van der Waals surface area contributed by atoms with E-state index in [0.717, 1.165) is 34.6 Å². The van der Waals surface area contributed by atoms with Crippen molar-refractivity contribution in [2.45, 2.75) is 19.8 Å². The highest BCUT2D eigenvalue weighted by atomic mass is 35.5. The van der Waals surface area contributed by atoms with Crippen LogP contribution in [0.25, 0.3) is 0 Å². The molecule has 0 aliphatic carbocycles. The fraction of sp³-hybridized carbons (Fsp3) is 0.294. The minimum atomic E-state index is -0.202. The maximum atomic E-state index is 13.2. The number of rotatable bonds is 5. The van der Waals surface area contributed by atoms with Crippen LogP contribution in [0.2, 0.25) is 5.02 Å². The topological polar surface area (TPSA) is 26.0 Å². The molecule has 2 rings (SSSR count). The molecule has 2 N–H and O–H groups in total. The third-order valence-electron chi connectivity index (χ3n) is 3.46. The Morgan fingerprint density at radius 3 is 2.60 bits per heavy atom. The van der Waals surface area contributed by atoms with Gasteiger partial charge in [0.2, 0.25) is 0 Å². The molecule has 0 fully saturated rings. The van der Waals surface area contributed by atoms with Gasteiger partial charge in [-0.1, -0.05) is 35.9 Å². The fourth-order valence-electron chi connectivity index (χ4n) is 2.36.